The van der Waals surface area contributed by atoms with E-state index in [-0.39, 0.29) is 0 Å². The number of thiophene rings is 1. The molecule has 0 spiro atoms. The van der Waals surface area contributed by atoms with Crippen molar-refractivity contribution in [1.82, 2.24) is 0 Å². The van der Waals surface area contributed by atoms with E-state index in [1.165, 1.54) is 28.9 Å². The van der Waals surface area contributed by atoms with Crippen molar-refractivity contribution in [2.75, 3.05) is 0 Å². The second kappa shape index (κ2) is 4.28. The largest absolute Gasteiger partial charge is 0.324 e. The van der Waals surface area contributed by atoms with Gasteiger partial charge in [0.05, 0.1) is 0 Å². The summed E-state index contributed by atoms with van der Waals surface area (Å²) in [7, 11) is 0. The van der Waals surface area contributed by atoms with Crippen molar-refractivity contribution in [3.8, 4) is 0 Å². The lowest BCUT2D eigenvalue weighted by Crippen LogP contribution is -2.20. The summed E-state index contributed by atoms with van der Waals surface area (Å²) in [6.45, 7) is 2.16. The van der Waals surface area contributed by atoms with Gasteiger partial charge in [0.15, 0.2) is 0 Å². The maximum Gasteiger partial charge on any atom is 0.0226 e. The maximum absolute atomic E-state index is 5.91. The van der Waals surface area contributed by atoms with Crippen molar-refractivity contribution in [3.63, 3.8) is 0 Å². The zero-order chi connectivity index (χ0) is 9.97. The zero-order valence-electron chi connectivity index (χ0n) is 8.62. The van der Waals surface area contributed by atoms with Crippen molar-refractivity contribution < 1.29 is 0 Å². The zero-order valence-corrected chi connectivity index (χ0v) is 9.44. The third-order valence-electron chi connectivity index (χ3n) is 2.70. The molecule has 1 aromatic rings. The molecule has 1 atom stereocenters. The van der Waals surface area contributed by atoms with Crippen LogP contribution in [0.3, 0.4) is 0 Å². The van der Waals surface area contributed by atoms with Gasteiger partial charge in [-0.15, -0.1) is 11.3 Å². The summed E-state index contributed by atoms with van der Waals surface area (Å²) in [4.78, 5) is 1.40. The molecule has 0 aliphatic heterocycles. The van der Waals surface area contributed by atoms with E-state index < -0.39 is 0 Å². The van der Waals surface area contributed by atoms with Gasteiger partial charge in [0.25, 0.3) is 0 Å². The Labute approximate surface area is 89.6 Å². The van der Waals surface area contributed by atoms with Crippen molar-refractivity contribution in [2.45, 2.75) is 38.6 Å². The van der Waals surface area contributed by atoms with Gasteiger partial charge in [-0.05, 0) is 49.6 Å². The van der Waals surface area contributed by atoms with Gasteiger partial charge in [-0.1, -0.05) is 11.6 Å². The van der Waals surface area contributed by atoms with Crippen LogP contribution in [-0.4, -0.2) is 6.04 Å². The molecule has 2 N–H and O–H groups in total. The van der Waals surface area contributed by atoms with Crippen LogP contribution in [0.15, 0.2) is 23.1 Å². The van der Waals surface area contributed by atoms with Crippen molar-refractivity contribution in [1.29, 1.82) is 0 Å². The molecule has 2 heteroatoms. The van der Waals surface area contributed by atoms with Crippen LogP contribution in [0.5, 0.6) is 0 Å². The first-order chi connectivity index (χ1) is 6.74. The molecule has 0 saturated carbocycles. The smallest absolute Gasteiger partial charge is 0.0226 e. The van der Waals surface area contributed by atoms with Crippen LogP contribution in [0, 0.1) is 6.92 Å². The second-order valence-corrected chi connectivity index (χ2v) is 5.24. The number of aryl methyl sites for hydroxylation is 1. The fourth-order valence-electron chi connectivity index (χ4n) is 2.03. The minimum Gasteiger partial charge on any atom is -0.324 e. The molecule has 1 unspecified atom stereocenters. The lowest BCUT2D eigenvalue weighted by Gasteiger charge is -2.17. The molecule has 1 nitrogen and oxygen atoms in total. The van der Waals surface area contributed by atoms with Gasteiger partial charge in [-0.25, -0.2) is 0 Å². The molecule has 0 bridgehead atoms. The Morgan fingerprint density at radius 1 is 1.57 bits per heavy atom. The molecular weight excluding hydrogens is 190 g/mol. The van der Waals surface area contributed by atoms with E-state index in [2.05, 4.69) is 24.4 Å². The standard InChI is InChI=1S/C12H17NS/c1-9-5-11(8-14-9)6-10-3-2-4-12(13)7-10/h5,7-8,12H,2-4,6,13H2,1H3. The topological polar surface area (TPSA) is 26.0 Å². The molecule has 0 amide bonds. The van der Waals surface area contributed by atoms with E-state index in [4.69, 9.17) is 5.73 Å². The van der Waals surface area contributed by atoms with Gasteiger partial charge in [0.1, 0.15) is 0 Å². The molecule has 0 aromatic carbocycles. The van der Waals surface area contributed by atoms with Gasteiger partial charge in [0, 0.05) is 10.9 Å². The monoisotopic (exact) mass is 207 g/mol. The Morgan fingerprint density at radius 3 is 3.07 bits per heavy atom. The van der Waals surface area contributed by atoms with Gasteiger partial charge < -0.3 is 5.73 Å². The summed E-state index contributed by atoms with van der Waals surface area (Å²) < 4.78 is 0. The normalized spacial score (nSPS) is 22.1. The van der Waals surface area contributed by atoms with E-state index >= 15 is 0 Å². The third-order valence-corrected chi connectivity index (χ3v) is 3.61. The van der Waals surface area contributed by atoms with Crippen LogP contribution in [0.2, 0.25) is 0 Å². The van der Waals surface area contributed by atoms with Crippen molar-refractivity contribution in [2.24, 2.45) is 5.73 Å². The first-order valence-corrected chi connectivity index (χ1v) is 6.11. The van der Waals surface area contributed by atoms with Crippen molar-refractivity contribution >= 4 is 11.3 Å². The van der Waals surface area contributed by atoms with Crippen LogP contribution in [0.1, 0.15) is 29.7 Å². The first-order valence-electron chi connectivity index (χ1n) is 5.23. The van der Waals surface area contributed by atoms with Gasteiger partial charge in [-0.2, -0.15) is 0 Å². The van der Waals surface area contributed by atoms with E-state index in [1.807, 2.05) is 11.3 Å². The van der Waals surface area contributed by atoms with Crippen molar-refractivity contribution in [3.05, 3.63) is 33.5 Å². The molecule has 2 rings (SSSR count). The van der Waals surface area contributed by atoms with Crippen LogP contribution in [0.25, 0.3) is 0 Å². The maximum atomic E-state index is 5.91. The minimum absolute atomic E-state index is 0.304. The van der Waals surface area contributed by atoms with Gasteiger partial charge in [-0.3, -0.25) is 0 Å². The molecule has 1 heterocycles. The molecular formula is C12H17NS. The SMILES string of the molecule is Cc1cc(CC2=CC(N)CCC2)cs1. The summed E-state index contributed by atoms with van der Waals surface area (Å²) in [5.41, 5.74) is 8.89. The lowest BCUT2D eigenvalue weighted by molar-refractivity contribution is 0.617. The van der Waals surface area contributed by atoms with Crippen LogP contribution in [-0.2, 0) is 6.42 Å². The predicted molar refractivity (Wildman–Crippen MR) is 62.7 cm³/mol. The molecule has 1 aliphatic rings. The summed E-state index contributed by atoms with van der Waals surface area (Å²) in [6.07, 6.45) is 7.03. The highest BCUT2D eigenvalue weighted by atomic mass is 32.1. The van der Waals surface area contributed by atoms with Gasteiger partial charge >= 0.3 is 0 Å². The van der Waals surface area contributed by atoms with Crippen LogP contribution < -0.4 is 5.73 Å². The molecule has 1 aromatic heterocycles. The second-order valence-electron chi connectivity index (χ2n) is 4.12. The Morgan fingerprint density at radius 2 is 2.43 bits per heavy atom. The van der Waals surface area contributed by atoms with E-state index in [0.717, 1.165) is 12.8 Å². The lowest BCUT2D eigenvalue weighted by atomic mass is 9.92. The van der Waals surface area contributed by atoms with Gasteiger partial charge in [0.2, 0.25) is 0 Å². The third kappa shape index (κ3) is 2.46. The summed E-state index contributed by atoms with van der Waals surface area (Å²) in [5, 5.41) is 2.26. The number of hydrogen-bond acceptors (Lipinski definition) is 2. The fraction of sp³-hybridized carbons (Fsp3) is 0.500. The molecule has 0 radical (unpaired) electrons. The number of allylic oxidation sites excluding steroid dienone is 1. The van der Waals surface area contributed by atoms with E-state index in [0.29, 0.717) is 6.04 Å². The molecule has 1 aliphatic carbocycles. The number of hydrogen-bond donors (Lipinski definition) is 1. The highest BCUT2D eigenvalue weighted by Crippen LogP contribution is 2.23. The summed E-state index contributed by atoms with van der Waals surface area (Å²) >= 11 is 1.84. The molecule has 14 heavy (non-hydrogen) atoms. The Balaban J connectivity index is 2.03. The Kier molecular flexibility index (Phi) is 3.04. The molecule has 0 fully saturated rings. The Hall–Kier alpha value is -0.600. The first kappa shape index (κ1) is 9.94. The Bertz CT molecular complexity index is 338. The highest BCUT2D eigenvalue weighted by Gasteiger charge is 2.10. The minimum atomic E-state index is 0.304. The van der Waals surface area contributed by atoms with E-state index in [9.17, 15) is 0 Å². The molecule has 0 saturated heterocycles. The average Bonchev–Trinajstić information content (AvgIpc) is 2.51. The van der Waals surface area contributed by atoms with E-state index in [1.54, 1.807) is 0 Å². The number of rotatable bonds is 2. The number of nitrogens with two attached hydrogens (primary N) is 1. The predicted octanol–water partition coefficient (Wildman–Crippen LogP) is 3.04. The summed E-state index contributed by atoms with van der Waals surface area (Å²) in [5.74, 6) is 0. The summed E-state index contributed by atoms with van der Waals surface area (Å²) in [6, 6.07) is 2.59. The fourth-order valence-corrected chi connectivity index (χ4v) is 2.74. The quantitative estimate of drug-likeness (QED) is 0.741. The highest BCUT2D eigenvalue weighted by molar-refractivity contribution is 7.10. The van der Waals surface area contributed by atoms with Crippen LogP contribution in [0.4, 0.5) is 0 Å². The average molecular weight is 207 g/mol. The van der Waals surface area contributed by atoms with Crippen LogP contribution >= 0.6 is 11.3 Å². The molecule has 76 valence electrons.